The van der Waals surface area contributed by atoms with E-state index in [1.807, 2.05) is 0 Å². The van der Waals surface area contributed by atoms with Crippen molar-refractivity contribution in [3.8, 4) is 40.0 Å². The summed E-state index contributed by atoms with van der Waals surface area (Å²) in [6.07, 6.45) is 1.47. The number of phenols is 3. The van der Waals surface area contributed by atoms with E-state index in [2.05, 4.69) is 4.98 Å². The number of benzene rings is 3. The van der Waals surface area contributed by atoms with E-state index >= 15 is 0 Å². The molecule has 4 aromatic rings. The SMILES string of the molecule is OCc1ccc(-c2ncc(-c3cccc(O)c3O)o2)c2ccc(O)cc12. The molecule has 0 unspecified atom stereocenters. The van der Waals surface area contributed by atoms with E-state index in [0.29, 0.717) is 33.7 Å². The van der Waals surface area contributed by atoms with Gasteiger partial charge in [-0.25, -0.2) is 4.98 Å². The molecule has 0 atom stereocenters. The van der Waals surface area contributed by atoms with Gasteiger partial charge in [-0.3, -0.25) is 0 Å². The van der Waals surface area contributed by atoms with Gasteiger partial charge in [-0.2, -0.15) is 0 Å². The van der Waals surface area contributed by atoms with Gasteiger partial charge in [0.05, 0.1) is 18.4 Å². The average molecular weight is 349 g/mol. The molecular weight excluding hydrogens is 334 g/mol. The van der Waals surface area contributed by atoms with Gasteiger partial charge in [0.15, 0.2) is 17.3 Å². The molecule has 1 aromatic heterocycles. The molecule has 0 saturated carbocycles. The number of aromatic hydroxyl groups is 3. The largest absolute Gasteiger partial charge is 0.508 e. The van der Waals surface area contributed by atoms with Crippen LogP contribution in [0.4, 0.5) is 0 Å². The number of fused-ring (bicyclic) bond motifs is 1. The van der Waals surface area contributed by atoms with Crippen LogP contribution in [0.15, 0.2) is 59.1 Å². The molecule has 6 heteroatoms. The maximum Gasteiger partial charge on any atom is 0.227 e. The molecule has 6 nitrogen and oxygen atoms in total. The van der Waals surface area contributed by atoms with E-state index in [0.717, 1.165) is 5.39 Å². The van der Waals surface area contributed by atoms with E-state index < -0.39 is 0 Å². The number of aliphatic hydroxyl groups excluding tert-OH is 1. The number of hydrogen-bond donors (Lipinski definition) is 4. The zero-order chi connectivity index (χ0) is 18.3. The molecule has 0 fully saturated rings. The molecule has 0 aliphatic carbocycles. The number of hydrogen-bond acceptors (Lipinski definition) is 6. The standard InChI is InChI=1S/C20H15NO5/c22-10-11-4-6-14(13-7-5-12(23)8-16(11)13)20-21-9-18(26-20)15-2-1-3-17(24)19(15)25/h1-9,22-25H,10H2. The molecule has 130 valence electrons. The zero-order valence-electron chi connectivity index (χ0n) is 13.5. The second-order valence-corrected chi connectivity index (χ2v) is 5.86. The van der Waals surface area contributed by atoms with Gasteiger partial charge in [0, 0.05) is 5.56 Å². The number of aliphatic hydroxyl groups is 1. The molecule has 1 heterocycles. The maximum atomic E-state index is 10.0. The first kappa shape index (κ1) is 16.0. The summed E-state index contributed by atoms with van der Waals surface area (Å²) in [4.78, 5) is 4.28. The van der Waals surface area contributed by atoms with Crippen LogP contribution in [0.25, 0.3) is 33.6 Å². The van der Waals surface area contributed by atoms with Crippen molar-refractivity contribution in [1.29, 1.82) is 0 Å². The van der Waals surface area contributed by atoms with Crippen LogP contribution >= 0.6 is 0 Å². The predicted octanol–water partition coefficient (Wildman–Crippen LogP) is 3.77. The number of oxazole rings is 1. The minimum atomic E-state index is -0.277. The number of nitrogens with zero attached hydrogens (tertiary/aromatic N) is 1. The highest BCUT2D eigenvalue weighted by molar-refractivity contribution is 5.97. The van der Waals surface area contributed by atoms with Crippen LogP contribution < -0.4 is 0 Å². The Hall–Kier alpha value is -3.51. The lowest BCUT2D eigenvalue weighted by Gasteiger charge is -2.08. The van der Waals surface area contributed by atoms with E-state index in [9.17, 15) is 20.4 Å². The molecule has 0 spiro atoms. The Morgan fingerprint density at radius 2 is 1.73 bits per heavy atom. The summed E-state index contributed by atoms with van der Waals surface area (Å²) < 4.78 is 5.80. The first-order valence-electron chi connectivity index (χ1n) is 7.91. The molecule has 0 amide bonds. The van der Waals surface area contributed by atoms with Crippen molar-refractivity contribution < 1.29 is 24.8 Å². The zero-order valence-corrected chi connectivity index (χ0v) is 13.5. The lowest BCUT2D eigenvalue weighted by Crippen LogP contribution is -1.89. The highest BCUT2D eigenvalue weighted by atomic mass is 16.4. The number of aromatic nitrogens is 1. The summed E-state index contributed by atoms with van der Waals surface area (Å²) in [5, 5.41) is 40.4. The van der Waals surface area contributed by atoms with Crippen LogP contribution in [0.2, 0.25) is 0 Å². The quantitative estimate of drug-likeness (QED) is 0.420. The Labute approximate surface area is 148 Å². The second-order valence-electron chi connectivity index (χ2n) is 5.86. The van der Waals surface area contributed by atoms with Gasteiger partial charge < -0.3 is 24.8 Å². The van der Waals surface area contributed by atoms with Crippen LogP contribution in [-0.4, -0.2) is 25.4 Å². The van der Waals surface area contributed by atoms with Crippen LogP contribution in [-0.2, 0) is 6.61 Å². The number of rotatable bonds is 3. The summed E-state index contributed by atoms with van der Waals surface area (Å²) in [6.45, 7) is -0.159. The lowest BCUT2D eigenvalue weighted by molar-refractivity contribution is 0.283. The topological polar surface area (TPSA) is 107 Å². The molecule has 0 aliphatic heterocycles. The first-order valence-corrected chi connectivity index (χ1v) is 7.91. The third kappa shape index (κ3) is 2.53. The fourth-order valence-corrected chi connectivity index (χ4v) is 2.97. The van der Waals surface area contributed by atoms with E-state index in [1.165, 1.54) is 12.3 Å². The third-order valence-corrected chi connectivity index (χ3v) is 4.28. The van der Waals surface area contributed by atoms with Crippen molar-refractivity contribution in [2.45, 2.75) is 6.61 Å². The van der Waals surface area contributed by atoms with Gasteiger partial charge in [0.25, 0.3) is 0 Å². The van der Waals surface area contributed by atoms with Gasteiger partial charge in [-0.05, 0) is 52.7 Å². The Morgan fingerprint density at radius 1 is 0.885 bits per heavy atom. The summed E-state index contributed by atoms with van der Waals surface area (Å²) in [6, 6.07) is 13.0. The summed E-state index contributed by atoms with van der Waals surface area (Å²) in [5.74, 6) is 0.214. The van der Waals surface area contributed by atoms with Crippen LogP contribution in [0.1, 0.15) is 5.56 Å². The van der Waals surface area contributed by atoms with Crippen LogP contribution in [0.3, 0.4) is 0 Å². The van der Waals surface area contributed by atoms with E-state index in [4.69, 9.17) is 4.42 Å². The van der Waals surface area contributed by atoms with Crippen LogP contribution in [0.5, 0.6) is 17.2 Å². The van der Waals surface area contributed by atoms with Crippen molar-refractivity contribution in [1.82, 2.24) is 4.98 Å². The molecule has 0 bridgehead atoms. The maximum absolute atomic E-state index is 10.0. The highest BCUT2D eigenvalue weighted by Gasteiger charge is 2.16. The Morgan fingerprint density at radius 3 is 2.54 bits per heavy atom. The van der Waals surface area contributed by atoms with Crippen molar-refractivity contribution >= 4 is 10.8 Å². The number of para-hydroxylation sites is 1. The lowest BCUT2D eigenvalue weighted by atomic mass is 9.99. The van der Waals surface area contributed by atoms with Crippen molar-refractivity contribution in [2.75, 3.05) is 0 Å². The fourth-order valence-electron chi connectivity index (χ4n) is 2.97. The van der Waals surface area contributed by atoms with E-state index in [-0.39, 0.29) is 23.9 Å². The molecule has 0 saturated heterocycles. The van der Waals surface area contributed by atoms with Crippen molar-refractivity contribution in [3.05, 3.63) is 60.3 Å². The van der Waals surface area contributed by atoms with Gasteiger partial charge in [0.2, 0.25) is 5.89 Å². The minimum absolute atomic E-state index is 0.0992. The molecule has 4 N–H and O–H groups in total. The van der Waals surface area contributed by atoms with Crippen molar-refractivity contribution in [3.63, 3.8) is 0 Å². The monoisotopic (exact) mass is 349 g/mol. The van der Waals surface area contributed by atoms with Crippen LogP contribution in [0, 0.1) is 0 Å². The second kappa shape index (κ2) is 6.09. The summed E-state index contributed by atoms with van der Waals surface area (Å²) in [7, 11) is 0. The Bertz CT molecular complexity index is 1120. The number of phenolic OH excluding ortho intramolecular Hbond substituents is 3. The van der Waals surface area contributed by atoms with Gasteiger partial charge in [0.1, 0.15) is 5.75 Å². The molecule has 3 aromatic carbocycles. The van der Waals surface area contributed by atoms with Crippen molar-refractivity contribution in [2.24, 2.45) is 0 Å². The van der Waals surface area contributed by atoms with Gasteiger partial charge >= 0.3 is 0 Å². The molecule has 4 rings (SSSR count). The van der Waals surface area contributed by atoms with Gasteiger partial charge in [-0.1, -0.05) is 12.1 Å². The summed E-state index contributed by atoms with van der Waals surface area (Å²) >= 11 is 0. The predicted molar refractivity (Wildman–Crippen MR) is 95.8 cm³/mol. The Balaban J connectivity index is 1.87. The summed E-state index contributed by atoms with van der Waals surface area (Å²) in [5.41, 5.74) is 1.69. The molecular formula is C20H15NO5. The third-order valence-electron chi connectivity index (χ3n) is 4.28. The molecule has 26 heavy (non-hydrogen) atoms. The first-order chi connectivity index (χ1) is 12.6. The van der Waals surface area contributed by atoms with Gasteiger partial charge in [-0.15, -0.1) is 0 Å². The average Bonchev–Trinajstić information content (AvgIpc) is 3.12. The fraction of sp³-hybridized carbons (Fsp3) is 0.0500. The Kier molecular flexibility index (Phi) is 3.74. The molecule has 0 aliphatic rings. The molecule has 0 radical (unpaired) electrons. The minimum Gasteiger partial charge on any atom is -0.508 e. The highest BCUT2D eigenvalue weighted by Crippen LogP contribution is 2.39. The van der Waals surface area contributed by atoms with E-state index in [1.54, 1.807) is 42.5 Å². The smallest absolute Gasteiger partial charge is 0.227 e. The normalized spacial score (nSPS) is 11.1.